The highest BCUT2D eigenvalue weighted by Crippen LogP contribution is 2.24. The van der Waals surface area contributed by atoms with Gasteiger partial charge in [-0.1, -0.05) is 0 Å². The van der Waals surface area contributed by atoms with Gasteiger partial charge in [-0.05, 0) is 57.3 Å². The second-order valence-corrected chi connectivity index (χ2v) is 7.05. The van der Waals surface area contributed by atoms with E-state index in [4.69, 9.17) is 9.72 Å². The molecule has 2 saturated heterocycles. The molecule has 124 valence electrons. The van der Waals surface area contributed by atoms with Crippen LogP contribution in [0.1, 0.15) is 31.5 Å². The Morgan fingerprint density at radius 2 is 2.26 bits per heavy atom. The first-order valence-corrected chi connectivity index (χ1v) is 8.89. The number of ether oxygens (including phenoxy) is 1. The molecule has 2 aromatic rings. The van der Waals surface area contributed by atoms with Crippen LogP contribution < -0.4 is 0 Å². The number of likely N-dealkylation sites (N-methyl/N-ethyl adjacent to an activating group) is 1. The number of likely N-dealkylation sites (tertiary alicyclic amines) is 1. The van der Waals surface area contributed by atoms with Gasteiger partial charge in [-0.3, -0.25) is 0 Å². The molecule has 2 atom stereocenters. The van der Waals surface area contributed by atoms with Gasteiger partial charge in [0.05, 0.1) is 0 Å². The van der Waals surface area contributed by atoms with Crippen molar-refractivity contribution in [1.29, 1.82) is 0 Å². The number of hydrogen-bond acceptors (Lipinski definition) is 4. The van der Waals surface area contributed by atoms with E-state index in [1.807, 2.05) is 12.3 Å². The average molecular weight is 314 g/mol. The summed E-state index contributed by atoms with van der Waals surface area (Å²) < 4.78 is 8.03. The highest BCUT2D eigenvalue weighted by atomic mass is 16.5. The zero-order valence-corrected chi connectivity index (χ0v) is 13.9. The molecule has 0 amide bonds. The van der Waals surface area contributed by atoms with E-state index in [9.17, 15) is 0 Å². The summed E-state index contributed by atoms with van der Waals surface area (Å²) in [5, 5.41) is 0. The Morgan fingerprint density at radius 1 is 1.30 bits per heavy atom. The first kappa shape index (κ1) is 15.1. The van der Waals surface area contributed by atoms with E-state index in [1.54, 1.807) is 0 Å². The number of fused-ring (bicyclic) bond motifs is 1. The van der Waals surface area contributed by atoms with Crippen molar-refractivity contribution < 1.29 is 4.74 Å². The third kappa shape index (κ3) is 3.12. The Hall–Kier alpha value is -1.46. The van der Waals surface area contributed by atoms with Gasteiger partial charge >= 0.3 is 0 Å². The lowest BCUT2D eigenvalue weighted by molar-refractivity contribution is 0.0539. The second-order valence-electron chi connectivity index (χ2n) is 7.05. The Kier molecular flexibility index (Phi) is 4.31. The van der Waals surface area contributed by atoms with Crippen LogP contribution in [0.15, 0.2) is 18.3 Å². The third-order valence-corrected chi connectivity index (χ3v) is 5.37. The standard InChI is InChI=1S/C18H26N4O/c1-21-9-3-6-15(21)12-22-17(11-14-5-4-10-23-13-14)20-16-7-2-8-19-18(16)22/h2,7-8,14-15H,3-6,9-13H2,1H3. The molecule has 0 bridgehead atoms. The summed E-state index contributed by atoms with van der Waals surface area (Å²) in [6.45, 7) is 4.00. The van der Waals surface area contributed by atoms with E-state index in [2.05, 4.69) is 27.6 Å². The van der Waals surface area contributed by atoms with Gasteiger partial charge in [0.1, 0.15) is 11.3 Å². The van der Waals surface area contributed by atoms with Gasteiger partial charge in [0.25, 0.3) is 0 Å². The van der Waals surface area contributed by atoms with Gasteiger partial charge in [-0.25, -0.2) is 9.97 Å². The first-order chi connectivity index (χ1) is 11.3. The molecule has 0 radical (unpaired) electrons. The van der Waals surface area contributed by atoms with Gasteiger partial charge < -0.3 is 14.2 Å². The van der Waals surface area contributed by atoms with Gasteiger partial charge in [0.2, 0.25) is 0 Å². The molecule has 2 aromatic heterocycles. The van der Waals surface area contributed by atoms with E-state index in [1.165, 1.54) is 38.1 Å². The minimum Gasteiger partial charge on any atom is -0.381 e. The van der Waals surface area contributed by atoms with E-state index in [-0.39, 0.29) is 0 Å². The summed E-state index contributed by atoms with van der Waals surface area (Å²) >= 11 is 0. The van der Waals surface area contributed by atoms with Crippen molar-refractivity contribution in [2.45, 2.75) is 44.7 Å². The maximum absolute atomic E-state index is 5.66. The highest BCUT2D eigenvalue weighted by molar-refractivity contribution is 5.71. The van der Waals surface area contributed by atoms with E-state index < -0.39 is 0 Å². The highest BCUT2D eigenvalue weighted by Gasteiger charge is 2.25. The van der Waals surface area contributed by atoms with Crippen LogP contribution in [0, 0.1) is 5.92 Å². The molecular weight excluding hydrogens is 288 g/mol. The Morgan fingerprint density at radius 3 is 3.04 bits per heavy atom. The van der Waals surface area contributed by atoms with Crippen LogP contribution >= 0.6 is 0 Å². The Labute approximate surface area is 137 Å². The predicted octanol–water partition coefficient (Wildman–Crippen LogP) is 2.49. The predicted molar refractivity (Wildman–Crippen MR) is 90.4 cm³/mol. The van der Waals surface area contributed by atoms with E-state index in [0.29, 0.717) is 12.0 Å². The normalized spacial score (nSPS) is 26.1. The molecule has 0 aromatic carbocycles. The molecule has 4 heterocycles. The smallest absolute Gasteiger partial charge is 0.160 e. The van der Waals surface area contributed by atoms with Crippen molar-refractivity contribution in [3.63, 3.8) is 0 Å². The molecule has 0 saturated carbocycles. The van der Waals surface area contributed by atoms with Crippen LogP contribution in [0.4, 0.5) is 0 Å². The molecule has 2 unspecified atom stereocenters. The first-order valence-electron chi connectivity index (χ1n) is 8.89. The van der Waals surface area contributed by atoms with Crippen molar-refractivity contribution >= 4 is 11.2 Å². The summed E-state index contributed by atoms with van der Waals surface area (Å²) in [4.78, 5) is 12.0. The van der Waals surface area contributed by atoms with Crippen LogP contribution in [0.25, 0.3) is 11.2 Å². The maximum Gasteiger partial charge on any atom is 0.160 e. The number of aromatic nitrogens is 3. The van der Waals surface area contributed by atoms with Gasteiger partial charge in [0.15, 0.2) is 5.65 Å². The molecule has 4 rings (SSSR count). The number of nitrogens with zero attached hydrogens (tertiary/aromatic N) is 4. The summed E-state index contributed by atoms with van der Waals surface area (Å²) in [5.41, 5.74) is 2.07. The summed E-state index contributed by atoms with van der Waals surface area (Å²) in [6, 6.07) is 4.67. The number of rotatable bonds is 4. The number of hydrogen-bond donors (Lipinski definition) is 0. The molecule has 5 heteroatoms. The fraction of sp³-hybridized carbons (Fsp3) is 0.667. The van der Waals surface area contributed by atoms with Gasteiger partial charge in [-0.2, -0.15) is 0 Å². The van der Waals surface area contributed by atoms with Crippen LogP contribution in [0.3, 0.4) is 0 Å². The molecule has 5 nitrogen and oxygen atoms in total. The van der Waals surface area contributed by atoms with Crippen molar-refractivity contribution in [3.05, 3.63) is 24.2 Å². The fourth-order valence-corrected chi connectivity index (χ4v) is 4.00. The van der Waals surface area contributed by atoms with Crippen molar-refractivity contribution in [2.24, 2.45) is 5.92 Å². The van der Waals surface area contributed by atoms with Crippen LogP contribution in [-0.4, -0.2) is 52.3 Å². The van der Waals surface area contributed by atoms with Crippen LogP contribution in [0.2, 0.25) is 0 Å². The zero-order valence-electron chi connectivity index (χ0n) is 13.9. The quantitative estimate of drug-likeness (QED) is 0.869. The molecule has 23 heavy (non-hydrogen) atoms. The van der Waals surface area contributed by atoms with Crippen molar-refractivity contribution in [1.82, 2.24) is 19.4 Å². The lowest BCUT2D eigenvalue weighted by Gasteiger charge is -2.24. The van der Waals surface area contributed by atoms with E-state index >= 15 is 0 Å². The summed E-state index contributed by atoms with van der Waals surface area (Å²) in [6.07, 6.45) is 7.88. The largest absolute Gasteiger partial charge is 0.381 e. The summed E-state index contributed by atoms with van der Waals surface area (Å²) in [7, 11) is 2.23. The SMILES string of the molecule is CN1CCCC1Cn1c(CC2CCCOC2)nc2cccnc21. The summed E-state index contributed by atoms with van der Waals surface area (Å²) in [5.74, 6) is 1.79. The Bertz CT molecular complexity index is 662. The lowest BCUT2D eigenvalue weighted by atomic mass is 9.98. The van der Waals surface area contributed by atoms with Crippen molar-refractivity contribution in [2.75, 3.05) is 26.8 Å². The monoisotopic (exact) mass is 314 g/mol. The molecule has 2 fully saturated rings. The van der Waals surface area contributed by atoms with Crippen LogP contribution in [0.5, 0.6) is 0 Å². The van der Waals surface area contributed by atoms with Crippen LogP contribution in [-0.2, 0) is 17.7 Å². The average Bonchev–Trinajstić information content (AvgIpc) is 3.13. The van der Waals surface area contributed by atoms with Gasteiger partial charge in [0, 0.05) is 38.4 Å². The van der Waals surface area contributed by atoms with Crippen molar-refractivity contribution in [3.8, 4) is 0 Å². The molecular formula is C18H26N4O. The molecule has 2 aliphatic heterocycles. The molecule has 0 aliphatic carbocycles. The molecule has 0 N–H and O–H groups in total. The number of imidazole rings is 1. The molecule has 0 spiro atoms. The van der Waals surface area contributed by atoms with Gasteiger partial charge in [-0.15, -0.1) is 0 Å². The molecule has 2 aliphatic rings. The minimum absolute atomic E-state index is 0.598. The zero-order chi connectivity index (χ0) is 15.6. The number of pyridine rings is 1. The fourth-order valence-electron chi connectivity index (χ4n) is 4.00. The minimum atomic E-state index is 0.598. The second kappa shape index (κ2) is 6.57. The maximum atomic E-state index is 5.66. The Balaban J connectivity index is 1.63. The van der Waals surface area contributed by atoms with E-state index in [0.717, 1.165) is 37.3 Å². The lowest BCUT2D eigenvalue weighted by Crippen LogP contribution is -2.30. The third-order valence-electron chi connectivity index (χ3n) is 5.37. The topological polar surface area (TPSA) is 43.2 Å².